The number of nitrogens with zero attached hydrogens (tertiary/aromatic N) is 1. The van der Waals surface area contributed by atoms with E-state index in [1.165, 1.54) is 25.8 Å². The van der Waals surface area contributed by atoms with E-state index in [9.17, 15) is 9.59 Å². The summed E-state index contributed by atoms with van der Waals surface area (Å²) in [5.74, 6) is 0. The lowest BCUT2D eigenvalue weighted by Crippen LogP contribution is -2.40. The molecule has 2 aliphatic heterocycles. The summed E-state index contributed by atoms with van der Waals surface area (Å²) in [5.41, 5.74) is 4.98. The molecule has 0 amide bonds. The zero-order valence-electron chi connectivity index (χ0n) is 13.4. The summed E-state index contributed by atoms with van der Waals surface area (Å²) in [6.07, 6.45) is 12.4. The van der Waals surface area contributed by atoms with Crippen molar-refractivity contribution in [2.75, 3.05) is 26.3 Å². The molecule has 22 heavy (non-hydrogen) atoms. The van der Waals surface area contributed by atoms with Crippen LogP contribution in [0.4, 0.5) is 0 Å². The van der Waals surface area contributed by atoms with E-state index in [1.54, 1.807) is 0 Å². The molecule has 2 heterocycles. The Bertz CT molecular complexity index is 288. The largest absolute Gasteiger partial charge is 0.396 e. The maximum Gasteiger partial charge on any atom is 0.129 e. The Morgan fingerprint density at radius 3 is 2.50 bits per heavy atom. The zero-order valence-corrected chi connectivity index (χ0v) is 13.4. The second kappa shape index (κ2) is 16.1. The number of carbonyl (C=O) groups excluding carboxylic acids is 2. The number of hydrogen-bond donors (Lipinski definition) is 2. The first-order valence-electron chi connectivity index (χ1n) is 8.02. The van der Waals surface area contributed by atoms with Crippen molar-refractivity contribution < 1.29 is 19.4 Å². The number of nitrogens with two attached hydrogens (primary N) is 1. The Labute approximate surface area is 133 Å². The third kappa shape index (κ3) is 11.4. The minimum atomic E-state index is 0.219. The van der Waals surface area contributed by atoms with E-state index >= 15 is 0 Å². The molecule has 0 radical (unpaired) electrons. The number of aliphatic hydroxyl groups excluding tert-OH is 1. The van der Waals surface area contributed by atoms with Crippen molar-refractivity contribution in [1.29, 1.82) is 0 Å². The Hall–Kier alpha value is -1.24. The summed E-state index contributed by atoms with van der Waals surface area (Å²) in [6.45, 7) is 2.95. The van der Waals surface area contributed by atoms with Gasteiger partial charge >= 0.3 is 0 Å². The molecule has 0 aromatic rings. The predicted molar refractivity (Wildman–Crippen MR) is 86.2 cm³/mol. The number of ether oxygens (including phenoxy) is 1. The zero-order chi connectivity index (χ0) is 16.5. The highest BCUT2D eigenvalue weighted by atomic mass is 16.5. The highest BCUT2D eigenvalue weighted by Gasteiger charge is 2.21. The lowest BCUT2D eigenvalue weighted by molar-refractivity contribution is -0.108. The van der Waals surface area contributed by atoms with Gasteiger partial charge in [0.25, 0.3) is 0 Å². The molecule has 0 saturated carbocycles. The molecule has 0 bridgehead atoms. The molecule has 128 valence electrons. The molecule has 6 nitrogen and oxygen atoms in total. The van der Waals surface area contributed by atoms with E-state index < -0.39 is 0 Å². The molecule has 1 saturated heterocycles. The van der Waals surface area contributed by atoms with Crippen molar-refractivity contribution in [3.63, 3.8) is 0 Å². The number of unbranched alkanes of at least 4 members (excludes halogenated alkanes) is 2. The van der Waals surface area contributed by atoms with Gasteiger partial charge in [-0.2, -0.15) is 0 Å². The second-order valence-electron chi connectivity index (χ2n) is 5.01. The van der Waals surface area contributed by atoms with Crippen LogP contribution in [0.5, 0.6) is 0 Å². The van der Waals surface area contributed by atoms with Crippen LogP contribution in [-0.4, -0.2) is 55.1 Å². The molecular formula is C16H30N2O4. The van der Waals surface area contributed by atoms with Gasteiger partial charge in [0, 0.05) is 26.0 Å². The van der Waals surface area contributed by atoms with Gasteiger partial charge in [-0.15, -0.1) is 0 Å². The maximum atomic E-state index is 9.56. The van der Waals surface area contributed by atoms with E-state index in [2.05, 4.69) is 17.2 Å². The van der Waals surface area contributed by atoms with Gasteiger partial charge in [0.05, 0.1) is 6.61 Å². The van der Waals surface area contributed by atoms with Crippen LogP contribution in [0.1, 0.15) is 44.9 Å². The van der Waals surface area contributed by atoms with E-state index in [-0.39, 0.29) is 6.61 Å². The van der Waals surface area contributed by atoms with Crippen LogP contribution >= 0.6 is 0 Å². The average Bonchev–Trinajstić information content (AvgIpc) is 2.57. The van der Waals surface area contributed by atoms with Crippen LogP contribution in [0.15, 0.2) is 12.3 Å². The highest BCUT2D eigenvalue weighted by molar-refractivity contribution is 5.52. The van der Waals surface area contributed by atoms with Crippen molar-refractivity contribution >= 4 is 12.6 Å². The van der Waals surface area contributed by atoms with Crippen LogP contribution in [0.2, 0.25) is 0 Å². The fourth-order valence-electron chi connectivity index (χ4n) is 1.95. The predicted octanol–water partition coefficient (Wildman–Crippen LogP) is 1.22. The van der Waals surface area contributed by atoms with Gasteiger partial charge in [-0.3, -0.25) is 0 Å². The van der Waals surface area contributed by atoms with Gasteiger partial charge in [0.15, 0.2) is 0 Å². The first kappa shape index (κ1) is 20.8. The molecule has 3 N–H and O–H groups in total. The van der Waals surface area contributed by atoms with Gasteiger partial charge in [-0.25, -0.2) is 0 Å². The van der Waals surface area contributed by atoms with Crippen molar-refractivity contribution in [1.82, 2.24) is 4.90 Å². The summed E-state index contributed by atoms with van der Waals surface area (Å²) in [6, 6.07) is 0. The van der Waals surface area contributed by atoms with Gasteiger partial charge in [-0.05, 0) is 44.8 Å². The molecule has 1 fully saturated rings. The van der Waals surface area contributed by atoms with Gasteiger partial charge in [-0.1, -0.05) is 6.08 Å². The van der Waals surface area contributed by atoms with Crippen LogP contribution < -0.4 is 5.73 Å². The van der Waals surface area contributed by atoms with Crippen molar-refractivity contribution in [2.24, 2.45) is 5.73 Å². The molecule has 0 aliphatic carbocycles. The second-order valence-corrected chi connectivity index (χ2v) is 5.01. The van der Waals surface area contributed by atoms with E-state index in [0.29, 0.717) is 32.0 Å². The number of carbonyl (C=O) groups is 2. The van der Waals surface area contributed by atoms with Crippen molar-refractivity contribution in [3.8, 4) is 0 Å². The average molecular weight is 314 g/mol. The summed E-state index contributed by atoms with van der Waals surface area (Å²) >= 11 is 0. The maximum absolute atomic E-state index is 9.56. The number of aliphatic hydroxyl groups is 1. The lowest BCUT2D eigenvalue weighted by Gasteiger charge is -2.36. The quantitative estimate of drug-likeness (QED) is 0.566. The van der Waals surface area contributed by atoms with Crippen molar-refractivity contribution in [3.05, 3.63) is 12.3 Å². The standard InChI is InChI=1S/C8H13NO.C5H8O2.C3H9NO/c1-2-5-9-6-3-7-10-8(9)4-1;6-4-2-1-3-5-7;4-2-1-3-5/h2,5,8H,1,3-4,6-7H2;4-5H,1-3H2;5H,1-4H2. The lowest BCUT2D eigenvalue weighted by atomic mass is 10.1. The molecule has 0 aromatic heterocycles. The van der Waals surface area contributed by atoms with Gasteiger partial charge in [0.2, 0.25) is 0 Å². The third-order valence-electron chi connectivity index (χ3n) is 3.12. The number of aldehydes is 2. The summed E-state index contributed by atoms with van der Waals surface area (Å²) in [7, 11) is 0. The van der Waals surface area contributed by atoms with E-state index in [0.717, 1.165) is 25.6 Å². The Balaban J connectivity index is 0.000000326. The molecule has 1 atom stereocenters. The number of rotatable bonds is 6. The molecule has 1 unspecified atom stereocenters. The Morgan fingerprint density at radius 1 is 1.27 bits per heavy atom. The third-order valence-corrected chi connectivity index (χ3v) is 3.12. The highest BCUT2D eigenvalue weighted by Crippen LogP contribution is 2.19. The number of allylic oxidation sites excluding steroid dienone is 1. The van der Waals surface area contributed by atoms with Crippen LogP contribution in [0.25, 0.3) is 0 Å². The Morgan fingerprint density at radius 2 is 2.00 bits per heavy atom. The summed E-state index contributed by atoms with van der Waals surface area (Å²) in [4.78, 5) is 21.4. The van der Waals surface area contributed by atoms with Crippen LogP contribution in [0.3, 0.4) is 0 Å². The fraction of sp³-hybridized carbons (Fsp3) is 0.750. The Kier molecular flexibility index (Phi) is 15.2. The molecule has 2 rings (SSSR count). The van der Waals surface area contributed by atoms with E-state index in [1.807, 2.05) is 0 Å². The van der Waals surface area contributed by atoms with Crippen LogP contribution in [-0.2, 0) is 14.3 Å². The number of fused-ring (bicyclic) bond motifs is 1. The summed E-state index contributed by atoms with van der Waals surface area (Å²) in [5, 5.41) is 7.99. The monoisotopic (exact) mass is 314 g/mol. The smallest absolute Gasteiger partial charge is 0.129 e. The van der Waals surface area contributed by atoms with Gasteiger partial charge in [0.1, 0.15) is 18.8 Å². The normalized spacial score (nSPS) is 19.0. The van der Waals surface area contributed by atoms with Gasteiger partial charge < -0.3 is 30.1 Å². The minimum absolute atomic E-state index is 0.219. The molecule has 0 aromatic carbocycles. The van der Waals surface area contributed by atoms with Crippen LogP contribution in [0, 0.1) is 0 Å². The van der Waals surface area contributed by atoms with E-state index in [4.69, 9.17) is 15.6 Å². The number of hydrogen-bond acceptors (Lipinski definition) is 6. The molecule has 6 heteroatoms. The molecule has 0 spiro atoms. The summed E-state index contributed by atoms with van der Waals surface area (Å²) < 4.78 is 5.56. The minimum Gasteiger partial charge on any atom is -0.396 e. The topological polar surface area (TPSA) is 92.9 Å². The first-order valence-corrected chi connectivity index (χ1v) is 8.02. The first-order chi connectivity index (χ1) is 10.8. The fourth-order valence-corrected chi connectivity index (χ4v) is 1.95. The molecular weight excluding hydrogens is 284 g/mol. The SMILES string of the molecule is C1=CN2CCCOC2CC1.NCCCO.O=CCCCC=O. The molecule has 2 aliphatic rings. The van der Waals surface area contributed by atoms with Crippen molar-refractivity contribution in [2.45, 2.75) is 51.2 Å².